The van der Waals surface area contributed by atoms with Crippen LogP contribution in [0.15, 0.2) is 48.7 Å². The molecule has 3 aromatic rings. The molecule has 3 rings (SSSR count). The number of halogens is 4. The van der Waals surface area contributed by atoms with Gasteiger partial charge in [0, 0.05) is 6.07 Å². The molecule has 10 heteroatoms. The third kappa shape index (κ3) is 4.76. The number of carbonyl (C=O) groups is 2. The number of rotatable bonds is 5. The molecule has 0 radical (unpaired) electrons. The van der Waals surface area contributed by atoms with Crippen LogP contribution < -0.4 is 10.1 Å². The van der Waals surface area contributed by atoms with Crippen molar-refractivity contribution in [2.45, 2.75) is 0 Å². The van der Waals surface area contributed by atoms with Crippen LogP contribution in [0.25, 0.3) is 0 Å². The molecule has 2 aromatic carbocycles. The fourth-order valence-corrected chi connectivity index (χ4v) is 2.75. The number of aromatic carboxylic acids is 1. The number of aromatic nitrogens is 1. The number of nitrogens with zero attached hydrogens (tertiary/aromatic N) is 1. The van der Waals surface area contributed by atoms with Gasteiger partial charge in [-0.1, -0.05) is 40.9 Å². The molecule has 1 aromatic heterocycles. The smallest absolute Gasteiger partial charge is 0.354 e. The zero-order chi connectivity index (χ0) is 21.1. The number of carbonyl (C=O) groups excluding carboxylic acids is 1. The Morgan fingerprint density at radius 3 is 2.41 bits per heavy atom. The van der Waals surface area contributed by atoms with Crippen LogP contribution in [0.2, 0.25) is 15.1 Å². The van der Waals surface area contributed by atoms with Gasteiger partial charge in [0.25, 0.3) is 5.91 Å². The van der Waals surface area contributed by atoms with Crippen molar-refractivity contribution in [2.24, 2.45) is 0 Å². The van der Waals surface area contributed by atoms with Gasteiger partial charge < -0.3 is 15.2 Å². The maximum absolute atomic E-state index is 13.7. The number of ether oxygens (including phenoxy) is 1. The molecular weight excluding hydrogens is 446 g/mol. The van der Waals surface area contributed by atoms with Crippen molar-refractivity contribution in [2.75, 3.05) is 5.32 Å². The Morgan fingerprint density at radius 1 is 1.03 bits per heavy atom. The van der Waals surface area contributed by atoms with Crippen LogP contribution >= 0.6 is 34.8 Å². The van der Waals surface area contributed by atoms with Crippen molar-refractivity contribution in [1.29, 1.82) is 0 Å². The molecule has 1 amide bonds. The van der Waals surface area contributed by atoms with Crippen molar-refractivity contribution in [3.05, 3.63) is 80.8 Å². The van der Waals surface area contributed by atoms with Crippen molar-refractivity contribution < 1.29 is 23.8 Å². The van der Waals surface area contributed by atoms with Crippen molar-refractivity contribution >= 4 is 52.4 Å². The number of benzene rings is 2. The van der Waals surface area contributed by atoms with E-state index in [0.717, 1.165) is 6.07 Å². The van der Waals surface area contributed by atoms with Gasteiger partial charge in [0.15, 0.2) is 0 Å². The lowest BCUT2D eigenvalue weighted by molar-refractivity contribution is 0.0690. The standard InChI is InChI=1S/C19H10Cl3FN2O4/c20-11-6-10(18(26)25-9-4-5-14(19(27)28)24-8-9)16(7-12(11)21)29-15-3-1-2-13(23)17(15)22/h1-8H,(H,25,26)(H,27,28). The van der Waals surface area contributed by atoms with Gasteiger partial charge in [-0.05, 0) is 30.3 Å². The van der Waals surface area contributed by atoms with Crippen LogP contribution in [0.1, 0.15) is 20.8 Å². The largest absolute Gasteiger partial charge is 0.477 e. The third-order valence-corrected chi connectivity index (χ3v) is 4.73. The Kier molecular flexibility index (Phi) is 6.22. The first-order valence-corrected chi connectivity index (χ1v) is 9.01. The van der Waals surface area contributed by atoms with E-state index in [-0.39, 0.29) is 43.5 Å². The summed E-state index contributed by atoms with van der Waals surface area (Å²) in [7, 11) is 0. The first-order chi connectivity index (χ1) is 13.8. The highest BCUT2D eigenvalue weighted by atomic mass is 35.5. The van der Waals surface area contributed by atoms with E-state index in [9.17, 15) is 14.0 Å². The zero-order valence-electron chi connectivity index (χ0n) is 14.2. The number of hydrogen-bond donors (Lipinski definition) is 2. The number of nitrogens with one attached hydrogen (secondary N) is 1. The maximum atomic E-state index is 13.7. The second-order valence-corrected chi connectivity index (χ2v) is 6.80. The molecule has 0 bridgehead atoms. The number of anilines is 1. The second-order valence-electron chi connectivity index (χ2n) is 5.61. The van der Waals surface area contributed by atoms with Gasteiger partial charge in [-0.3, -0.25) is 4.79 Å². The fraction of sp³-hybridized carbons (Fsp3) is 0. The predicted molar refractivity (Wildman–Crippen MR) is 107 cm³/mol. The number of hydrogen-bond acceptors (Lipinski definition) is 4. The fourth-order valence-electron chi connectivity index (χ4n) is 2.26. The molecule has 0 saturated heterocycles. The minimum absolute atomic E-state index is 0.0120. The average molecular weight is 456 g/mol. The normalized spacial score (nSPS) is 10.5. The summed E-state index contributed by atoms with van der Waals surface area (Å²) in [6.45, 7) is 0. The van der Waals surface area contributed by atoms with E-state index < -0.39 is 17.7 Å². The molecule has 6 nitrogen and oxygen atoms in total. The van der Waals surface area contributed by atoms with Crippen LogP contribution in [0.4, 0.5) is 10.1 Å². The molecule has 2 N–H and O–H groups in total. The lowest BCUT2D eigenvalue weighted by atomic mass is 10.1. The summed E-state index contributed by atoms with van der Waals surface area (Å²) >= 11 is 17.9. The molecule has 1 heterocycles. The molecule has 0 spiro atoms. The van der Waals surface area contributed by atoms with Crippen molar-refractivity contribution in [1.82, 2.24) is 4.98 Å². The molecule has 0 unspecified atom stereocenters. The van der Waals surface area contributed by atoms with Crippen LogP contribution in [-0.4, -0.2) is 22.0 Å². The highest BCUT2D eigenvalue weighted by Crippen LogP contribution is 2.37. The average Bonchev–Trinajstić information content (AvgIpc) is 2.68. The van der Waals surface area contributed by atoms with E-state index in [0.29, 0.717) is 0 Å². The van der Waals surface area contributed by atoms with E-state index in [2.05, 4.69) is 10.3 Å². The van der Waals surface area contributed by atoms with E-state index in [1.54, 1.807) is 0 Å². The van der Waals surface area contributed by atoms with E-state index >= 15 is 0 Å². The van der Waals surface area contributed by atoms with Gasteiger partial charge in [0.2, 0.25) is 0 Å². The van der Waals surface area contributed by atoms with Crippen LogP contribution in [0.3, 0.4) is 0 Å². The van der Waals surface area contributed by atoms with E-state index in [4.69, 9.17) is 44.6 Å². The number of carboxylic acids is 1. The Hall–Kier alpha value is -2.87. The molecule has 29 heavy (non-hydrogen) atoms. The second kappa shape index (κ2) is 8.65. The monoisotopic (exact) mass is 454 g/mol. The molecule has 0 atom stereocenters. The van der Waals surface area contributed by atoms with Gasteiger partial charge in [-0.15, -0.1) is 0 Å². The van der Waals surface area contributed by atoms with Gasteiger partial charge in [0.1, 0.15) is 28.0 Å². The lowest BCUT2D eigenvalue weighted by Gasteiger charge is -2.14. The molecule has 148 valence electrons. The van der Waals surface area contributed by atoms with Crippen molar-refractivity contribution in [3.8, 4) is 11.5 Å². The molecule has 0 fully saturated rings. The molecular formula is C19H10Cl3FN2O4. The molecule has 0 saturated carbocycles. The Balaban J connectivity index is 1.93. The lowest BCUT2D eigenvalue weighted by Crippen LogP contribution is -2.14. The van der Waals surface area contributed by atoms with Gasteiger partial charge in [0.05, 0.1) is 27.5 Å². The number of pyridine rings is 1. The van der Waals surface area contributed by atoms with Gasteiger partial charge >= 0.3 is 5.97 Å². The van der Waals surface area contributed by atoms with Gasteiger partial charge in [-0.25, -0.2) is 14.2 Å². The number of amides is 1. The highest BCUT2D eigenvalue weighted by Gasteiger charge is 2.19. The first kappa shape index (κ1) is 20.9. The number of carboxylic acid groups (broad SMARTS) is 1. The van der Waals surface area contributed by atoms with E-state index in [1.165, 1.54) is 42.6 Å². The topological polar surface area (TPSA) is 88.5 Å². The SMILES string of the molecule is O=C(O)c1ccc(NC(=O)c2cc(Cl)c(Cl)cc2Oc2cccc(F)c2Cl)cn1. The first-order valence-electron chi connectivity index (χ1n) is 7.88. The molecule has 0 aliphatic carbocycles. The Bertz CT molecular complexity index is 1110. The van der Waals surface area contributed by atoms with Crippen LogP contribution in [0, 0.1) is 5.82 Å². The minimum atomic E-state index is -1.20. The summed E-state index contributed by atoms with van der Waals surface area (Å²) in [6.07, 6.45) is 1.18. The van der Waals surface area contributed by atoms with Crippen LogP contribution in [0.5, 0.6) is 11.5 Å². The zero-order valence-corrected chi connectivity index (χ0v) is 16.5. The maximum Gasteiger partial charge on any atom is 0.354 e. The summed E-state index contributed by atoms with van der Waals surface area (Å²) in [5.41, 5.74) is 0.0464. The summed E-state index contributed by atoms with van der Waals surface area (Å²) in [5, 5.41) is 11.4. The van der Waals surface area contributed by atoms with Gasteiger partial charge in [-0.2, -0.15) is 0 Å². The summed E-state index contributed by atoms with van der Waals surface area (Å²) in [6, 6.07) is 9.15. The summed E-state index contributed by atoms with van der Waals surface area (Å²) in [5.74, 6) is -2.57. The quantitative estimate of drug-likeness (QED) is 0.498. The Morgan fingerprint density at radius 2 is 1.76 bits per heavy atom. The summed E-state index contributed by atoms with van der Waals surface area (Å²) < 4.78 is 19.3. The minimum Gasteiger partial charge on any atom is -0.477 e. The molecule has 0 aliphatic rings. The predicted octanol–water partition coefficient (Wildman–Crippen LogP) is 5.92. The van der Waals surface area contributed by atoms with Crippen molar-refractivity contribution in [3.63, 3.8) is 0 Å². The van der Waals surface area contributed by atoms with E-state index in [1.807, 2.05) is 0 Å². The molecule has 0 aliphatic heterocycles. The third-order valence-electron chi connectivity index (χ3n) is 3.64. The summed E-state index contributed by atoms with van der Waals surface area (Å²) in [4.78, 5) is 27.3. The Labute approximate surface area is 178 Å². The van der Waals surface area contributed by atoms with Crippen LogP contribution in [-0.2, 0) is 0 Å². The highest BCUT2D eigenvalue weighted by molar-refractivity contribution is 6.42.